The summed E-state index contributed by atoms with van der Waals surface area (Å²) in [5, 5.41) is 15.6. The summed E-state index contributed by atoms with van der Waals surface area (Å²) in [7, 11) is 0. The smallest absolute Gasteiger partial charge is 0.331 e. The van der Waals surface area contributed by atoms with Crippen LogP contribution in [0.4, 0.5) is 0 Å². The molecule has 0 bridgehead atoms. The van der Waals surface area contributed by atoms with Crippen LogP contribution in [0.1, 0.15) is 39.5 Å². The third-order valence-corrected chi connectivity index (χ3v) is 2.21. The van der Waals surface area contributed by atoms with Crippen LogP contribution in [0.15, 0.2) is 24.3 Å². The van der Waals surface area contributed by atoms with E-state index >= 15 is 0 Å². The highest BCUT2D eigenvalue weighted by atomic mass is 16.5. The number of ether oxygens (including phenoxy) is 2. The lowest BCUT2D eigenvalue weighted by molar-refractivity contribution is -0.140. The first-order chi connectivity index (χ1) is 11.3. The summed E-state index contributed by atoms with van der Waals surface area (Å²) in [6, 6.07) is 0. The molecule has 0 aliphatic carbocycles. The van der Waals surface area contributed by atoms with Crippen molar-refractivity contribution in [2.75, 3.05) is 13.2 Å². The van der Waals surface area contributed by atoms with Crippen molar-refractivity contribution in [3.63, 3.8) is 0 Å². The van der Waals surface area contributed by atoms with Crippen molar-refractivity contribution >= 4 is 23.9 Å². The summed E-state index contributed by atoms with van der Waals surface area (Å²) in [5.41, 5.74) is 0. The molecular weight excluding hydrogens is 320 g/mol. The average Bonchev–Trinajstić information content (AvgIpc) is 2.52. The molecule has 0 rings (SSSR count). The Morgan fingerprint density at radius 2 is 1.04 bits per heavy atom. The molecule has 8 heteroatoms. The standard InChI is InChI=1S/C12H20O4.C4H4O4/c1-3-5-9-15-11(13)7-8-12(14)16-10-6-4-2;5-3(6)1-2-4(7)8/h7-8H,3-6,9-10H2,1-2H3;1-2H,(H,5,6)(H,7,8)/b8-7+;2-1-. The van der Waals surface area contributed by atoms with Crippen molar-refractivity contribution in [1.82, 2.24) is 0 Å². The minimum Gasteiger partial charge on any atom is -0.478 e. The highest BCUT2D eigenvalue weighted by Crippen LogP contribution is 1.92. The Labute approximate surface area is 140 Å². The number of carboxylic acids is 2. The molecule has 0 aliphatic rings. The van der Waals surface area contributed by atoms with Gasteiger partial charge in [-0.15, -0.1) is 0 Å². The Morgan fingerprint density at radius 1 is 0.708 bits per heavy atom. The fourth-order valence-electron chi connectivity index (χ4n) is 1.01. The largest absolute Gasteiger partial charge is 0.478 e. The predicted molar refractivity (Wildman–Crippen MR) is 85.3 cm³/mol. The summed E-state index contributed by atoms with van der Waals surface area (Å²) >= 11 is 0. The first-order valence-electron chi connectivity index (χ1n) is 7.48. The Hall–Kier alpha value is -2.64. The van der Waals surface area contributed by atoms with Gasteiger partial charge in [0.1, 0.15) is 0 Å². The molecule has 0 radical (unpaired) electrons. The number of hydrogen-bond donors (Lipinski definition) is 2. The van der Waals surface area contributed by atoms with Crippen LogP contribution in [0.25, 0.3) is 0 Å². The second-order valence-corrected chi connectivity index (χ2v) is 4.39. The van der Waals surface area contributed by atoms with Crippen molar-refractivity contribution in [3.8, 4) is 0 Å². The maximum atomic E-state index is 11.0. The highest BCUT2D eigenvalue weighted by molar-refractivity contribution is 5.91. The van der Waals surface area contributed by atoms with Crippen LogP contribution < -0.4 is 0 Å². The van der Waals surface area contributed by atoms with Crippen LogP contribution in [0, 0.1) is 0 Å². The summed E-state index contributed by atoms with van der Waals surface area (Å²) in [6.07, 6.45) is 6.92. The Bertz CT molecular complexity index is 411. The van der Waals surface area contributed by atoms with Gasteiger partial charge in [0, 0.05) is 24.3 Å². The molecule has 0 saturated heterocycles. The van der Waals surface area contributed by atoms with Gasteiger partial charge in [0.05, 0.1) is 13.2 Å². The third-order valence-electron chi connectivity index (χ3n) is 2.21. The predicted octanol–water partition coefficient (Wildman–Crippen LogP) is 1.94. The Kier molecular flexibility index (Phi) is 16.5. The number of carbonyl (C=O) groups excluding carboxylic acids is 2. The van der Waals surface area contributed by atoms with Gasteiger partial charge in [0.2, 0.25) is 0 Å². The van der Waals surface area contributed by atoms with Crippen molar-refractivity contribution in [2.24, 2.45) is 0 Å². The minimum absolute atomic E-state index is 0.393. The highest BCUT2D eigenvalue weighted by Gasteiger charge is 2.00. The number of esters is 2. The fraction of sp³-hybridized carbons (Fsp3) is 0.500. The molecule has 24 heavy (non-hydrogen) atoms. The van der Waals surface area contributed by atoms with Gasteiger partial charge < -0.3 is 19.7 Å². The zero-order valence-corrected chi connectivity index (χ0v) is 13.9. The van der Waals surface area contributed by atoms with Crippen LogP contribution in [-0.4, -0.2) is 47.3 Å². The monoisotopic (exact) mass is 344 g/mol. The second-order valence-electron chi connectivity index (χ2n) is 4.39. The van der Waals surface area contributed by atoms with Crippen LogP contribution in [-0.2, 0) is 28.7 Å². The van der Waals surface area contributed by atoms with E-state index in [2.05, 4.69) is 0 Å². The average molecular weight is 344 g/mol. The normalized spacial score (nSPS) is 10.1. The van der Waals surface area contributed by atoms with Gasteiger partial charge in [-0.1, -0.05) is 26.7 Å². The fourth-order valence-corrected chi connectivity index (χ4v) is 1.01. The SMILES string of the molecule is CCCCOC(=O)/C=C/C(=O)OCCCC.O=C(O)/C=C\C(=O)O. The van der Waals surface area contributed by atoms with Gasteiger partial charge in [-0.05, 0) is 12.8 Å². The molecule has 0 heterocycles. The quantitative estimate of drug-likeness (QED) is 0.350. The molecule has 0 aromatic carbocycles. The first-order valence-corrected chi connectivity index (χ1v) is 7.48. The van der Waals surface area contributed by atoms with Crippen LogP contribution >= 0.6 is 0 Å². The van der Waals surface area contributed by atoms with Crippen molar-refractivity contribution < 1.29 is 38.9 Å². The molecular formula is C16H24O8. The molecule has 2 N–H and O–H groups in total. The topological polar surface area (TPSA) is 127 Å². The van der Waals surface area contributed by atoms with Gasteiger partial charge in [0.25, 0.3) is 0 Å². The molecule has 0 aliphatic heterocycles. The van der Waals surface area contributed by atoms with E-state index in [-0.39, 0.29) is 0 Å². The Balaban J connectivity index is 0. The number of aliphatic carboxylic acids is 2. The molecule has 136 valence electrons. The minimum atomic E-state index is -1.26. The van der Waals surface area contributed by atoms with E-state index in [1.54, 1.807) is 0 Å². The molecule has 0 saturated carbocycles. The maximum Gasteiger partial charge on any atom is 0.331 e. The van der Waals surface area contributed by atoms with Crippen molar-refractivity contribution in [3.05, 3.63) is 24.3 Å². The van der Waals surface area contributed by atoms with E-state index in [1.165, 1.54) is 0 Å². The van der Waals surface area contributed by atoms with E-state index in [0.717, 1.165) is 37.8 Å². The van der Waals surface area contributed by atoms with E-state index in [9.17, 15) is 19.2 Å². The van der Waals surface area contributed by atoms with E-state index in [1.807, 2.05) is 13.8 Å². The first kappa shape index (κ1) is 23.6. The van der Waals surface area contributed by atoms with Crippen molar-refractivity contribution in [1.29, 1.82) is 0 Å². The lowest BCUT2D eigenvalue weighted by Crippen LogP contribution is -2.05. The zero-order valence-electron chi connectivity index (χ0n) is 13.9. The van der Waals surface area contributed by atoms with E-state index in [4.69, 9.17) is 19.7 Å². The lowest BCUT2D eigenvalue weighted by Gasteiger charge is -2.00. The third kappa shape index (κ3) is 21.7. The summed E-state index contributed by atoms with van der Waals surface area (Å²) in [5.74, 6) is -3.51. The molecule has 8 nitrogen and oxygen atoms in total. The molecule has 0 unspecified atom stereocenters. The molecule has 0 fully saturated rings. The van der Waals surface area contributed by atoms with Gasteiger partial charge in [-0.2, -0.15) is 0 Å². The molecule has 0 aromatic heterocycles. The van der Waals surface area contributed by atoms with Crippen LogP contribution in [0.5, 0.6) is 0 Å². The molecule has 0 amide bonds. The maximum absolute atomic E-state index is 11.0. The van der Waals surface area contributed by atoms with Crippen LogP contribution in [0.2, 0.25) is 0 Å². The number of carbonyl (C=O) groups is 4. The van der Waals surface area contributed by atoms with E-state index in [0.29, 0.717) is 25.4 Å². The van der Waals surface area contributed by atoms with E-state index < -0.39 is 23.9 Å². The van der Waals surface area contributed by atoms with Gasteiger partial charge in [0.15, 0.2) is 0 Å². The van der Waals surface area contributed by atoms with Gasteiger partial charge in [-0.25, -0.2) is 19.2 Å². The summed E-state index contributed by atoms with van der Waals surface area (Å²) in [4.78, 5) is 41.2. The summed E-state index contributed by atoms with van der Waals surface area (Å²) in [6.45, 7) is 4.80. The molecule has 0 aromatic rings. The summed E-state index contributed by atoms with van der Waals surface area (Å²) < 4.78 is 9.65. The molecule has 0 spiro atoms. The Morgan fingerprint density at radius 3 is 1.29 bits per heavy atom. The number of unbranched alkanes of at least 4 members (excludes halogenated alkanes) is 2. The lowest BCUT2D eigenvalue weighted by atomic mass is 10.4. The van der Waals surface area contributed by atoms with Crippen molar-refractivity contribution in [2.45, 2.75) is 39.5 Å². The number of rotatable bonds is 10. The number of hydrogen-bond acceptors (Lipinski definition) is 6. The van der Waals surface area contributed by atoms with Gasteiger partial charge in [-0.3, -0.25) is 0 Å². The second kappa shape index (κ2) is 16.7. The van der Waals surface area contributed by atoms with Crippen LogP contribution in [0.3, 0.4) is 0 Å². The zero-order chi connectivity index (χ0) is 18.8. The number of carboxylic acid groups (broad SMARTS) is 2. The van der Waals surface area contributed by atoms with Gasteiger partial charge >= 0.3 is 23.9 Å². The molecule has 0 atom stereocenters.